The molecule has 0 aliphatic rings. The van der Waals surface area contributed by atoms with Crippen molar-refractivity contribution in [2.24, 2.45) is 5.92 Å². The van der Waals surface area contributed by atoms with Gasteiger partial charge in [0.2, 0.25) is 5.91 Å². The summed E-state index contributed by atoms with van der Waals surface area (Å²) in [7, 11) is 0. The summed E-state index contributed by atoms with van der Waals surface area (Å²) in [5, 5.41) is 6.22. The third-order valence-corrected chi connectivity index (χ3v) is 3.22. The number of ether oxygens (including phenoxy) is 1. The fourth-order valence-corrected chi connectivity index (χ4v) is 2.19. The third kappa shape index (κ3) is 5.66. The second-order valence-electron chi connectivity index (χ2n) is 5.81. The van der Waals surface area contributed by atoms with Crippen LogP contribution in [-0.4, -0.2) is 12.5 Å². The molecular formula is C19H24N2O2. The largest absolute Gasteiger partial charge is 0.494 e. The molecule has 4 nitrogen and oxygen atoms in total. The van der Waals surface area contributed by atoms with Crippen LogP contribution in [0.2, 0.25) is 0 Å². The summed E-state index contributed by atoms with van der Waals surface area (Å²) >= 11 is 0. The molecule has 2 N–H and O–H groups in total. The molecule has 1 amide bonds. The fraction of sp³-hybridized carbons (Fsp3) is 0.316. The van der Waals surface area contributed by atoms with Gasteiger partial charge in [-0.3, -0.25) is 4.79 Å². The molecule has 0 aliphatic carbocycles. The van der Waals surface area contributed by atoms with Crippen molar-refractivity contribution in [2.75, 3.05) is 17.2 Å². The fourth-order valence-electron chi connectivity index (χ4n) is 2.19. The lowest BCUT2D eigenvalue weighted by atomic mass is 10.1. The molecule has 2 aromatic carbocycles. The molecule has 0 saturated heterocycles. The molecule has 0 spiro atoms. The van der Waals surface area contributed by atoms with Crippen molar-refractivity contribution >= 4 is 23.0 Å². The van der Waals surface area contributed by atoms with Gasteiger partial charge in [0, 0.05) is 23.5 Å². The van der Waals surface area contributed by atoms with E-state index in [9.17, 15) is 4.79 Å². The van der Waals surface area contributed by atoms with Crippen molar-refractivity contribution in [3.63, 3.8) is 0 Å². The van der Waals surface area contributed by atoms with E-state index in [1.165, 1.54) is 0 Å². The summed E-state index contributed by atoms with van der Waals surface area (Å²) in [6, 6.07) is 15.5. The lowest BCUT2D eigenvalue weighted by Gasteiger charge is -2.10. The number of hydrogen-bond acceptors (Lipinski definition) is 3. The summed E-state index contributed by atoms with van der Waals surface area (Å²) in [5.41, 5.74) is 2.77. The highest BCUT2D eigenvalue weighted by Crippen LogP contribution is 2.21. The van der Waals surface area contributed by atoms with Gasteiger partial charge in [-0.1, -0.05) is 13.8 Å². The Bertz CT molecular complexity index is 619. The number of nitrogens with one attached hydrogen (secondary N) is 2. The number of rotatable bonds is 7. The van der Waals surface area contributed by atoms with E-state index in [-0.39, 0.29) is 5.91 Å². The first-order valence-corrected chi connectivity index (χ1v) is 7.96. The van der Waals surface area contributed by atoms with E-state index in [0.717, 1.165) is 22.8 Å². The van der Waals surface area contributed by atoms with E-state index in [4.69, 9.17) is 4.74 Å². The summed E-state index contributed by atoms with van der Waals surface area (Å²) in [4.78, 5) is 11.7. The molecule has 2 aromatic rings. The van der Waals surface area contributed by atoms with Crippen LogP contribution in [0.4, 0.5) is 17.1 Å². The van der Waals surface area contributed by atoms with Crippen LogP contribution in [0.25, 0.3) is 0 Å². The molecule has 0 unspecified atom stereocenters. The van der Waals surface area contributed by atoms with Crippen LogP contribution in [-0.2, 0) is 4.79 Å². The van der Waals surface area contributed by atoms with Gasteiger partial charge in [0.15, 0.2) is 0 Å². The van der Waals surface area contributed by atoms with Crippen LogP contribution < -0.4 is 15.4 Å². The average Bonchev–Trinajstić information content (AvgIpc) is 2.51. The maximum atomic E-state index is 11.7. The molecular weight excluding hydrogens is 288 g/mol. The van der Waals surface area contributed by atoms with Crippen molar-refractivity contribution in [1.29, 1.82) is 0 Å². The van der Waals surface area contributed by atoms with Crippen LogP contribution in [0.5, 0.6) is 5.75 Å². The standard InChI is InChI=1S/C19H24N2O2/c1-4-23-18-11-9-16(10-12-18)20-15-5-7-17(8-6-15)21-19(22)13-14(2)3/h5-12,14,20H,4,13H2,1-3H3,(H,21,22). The summed E-state index contributed by atoms with van der Waals surface area (Å²) < 4.78 is 5.42. The minimum Gasteiger partial charge on any atom is -0.494 e. The molecule has 0 fully saturated rings. The molecule has 0 aliphatic heterocycles. The number of hydrogen-bond donors (Lipinski definition) is 2. The normalized spacial score (nSPS) is 10.4. The molecule has 0 bridgehead atoms. The predicted molar refractivity (Wildman–Crippen MR) is 95.4 cm³/mol. The van der Waals surface area contributed by atoms with Crippen LogP contribution in [0.1, 0.15) is 27.2 Å². The number of amides is 1. The van der Waals surface area contributed by atoms with Gasteiger partial charge in [-0.25, -0.2) is 0 Å². The lowest BCUT2D eigenvalue weighted by molar-refractivity contribution is -0.116. The highest BCUT2D eigenvalue weighted by molar-refractivity contribution is 5.91. The van der Waals surface area contributed by atoms with E-state index in [2.05, 4.69) is 10.6 Å². The molecule has 0 heterocycles. The van der Waals surface area contributed by atoms with Gasteiger partial charge in [0.05, 0.1) is 6.61 Å². The van der Waals surface area contributed by atoms with E-state index < -0.39 is 0 Å². The number of anilines is 3. The van der Waals surface area contributed by atoms with Crippen LogP contribution in [0.15, 0.2) is 48.5 Å². The predicted octanol–water partition coefficient (Wildman–Crippen LogP) is 4.81. The molecule has 0 saturated carbocycles. The lowest BCUT2D eigenvalue weighted by Crippen LogP contribution is -2.13. The third-order valence-electron chi connectivity index (χ3n) is 3.22. The molecule has 0 atom stereocenters. The Hall–Kier alpha value is -2.49. The van der Waals surface area contributed by atoms with Gasteiger partial charge in [-0.15, -0.1) is 0 Å². The van der Waals surface area contributed by atoms with Crippen LogP contribution >= 0.6 is 0 Å². The minimum atomic E-state index is 0.0484. The first-order valence-electron chi connectivity index (χ1n) is 7.96. The zero-order valence-electron chi connectivity index (χ0n) is 13.9. The molecule has 0 radical (unpaired) electrons. The van der Waals surface area contributed by atoms with E-state index in [1.54, 1.807) is 0 Å². The number of carbonyl (C=O) groups excluding carboxylic acids is 1. The Morgan fingerprint density at radius 3 is 2.00 bits per heavy atom. The first-order chi connectivity index (χ1) is 11.1. The number of carbonyl (C=O) groups is 1. The Morgan fingerprint density at radius 2 is 1.48 bits per heavy atom. The van der Waals surface area contributed by atoms with Crippen molar-refractivity contribution in [3.8, 4) is 5.75 Å². The Labute approximate surface area is 137 Å². The van der Waals surface area contributed by atoms with Gasteiger partial charge in [0.25, 0.3) is 0 Å². The average molecular weight is 312 g/mol. The quantitative estimate of drug-likeness (QED) is 0.771. The maximum absolute atomic E-state index is 11.7. The van der Waals surface area contributed by atoms with Crippen LogP contribution in [0.3, 0.4) is 0 Å². The smallest absolute Gasteiger partial charge is 0.224 e. The highest BCUT2D eigenvalue weighted by Gasteiger charge is 2.05. The Morgan fingerprint density at radius 1 is 0.957 bits per heavy atom. The van der Waals surface area contributed by atoms with Crippen LogP contribution in [0, 0.1) is 5.92 Å². The molecule has 23 heavy (non-hydrogen) atoms. The van der Waals surface area contributed by atoms with E-state index >= 15 is 0 Å². The Balaban J connectivity index is 1.93. The van der Waals surface area contributed by atoms with Gasteiger partial charge in [-0.2, -0.15) is 0 Å². The first kappa shape index (κ1) is 16.9. The summed E-state index contributed by atoms with van der Waals surface area (Å²) in [6.45, 7) is 6.69. The van der Waals surface area contributed by atoms with Crippen molar-refractivity contribution in [1.82, 2.24) is 0 Å². The van der Waals surface area contributed by atoms with Gasteiger partial charge in [0.1, 0.15) is 5.75 Å². The van der Waals surface area contributed by atoms with Gasteiger partial charge < -0.3 is 15.4 Å². The van der Waals surface area contributed by atoms with Crippen molar-refractivity contribution in [2.45, 2.75) is 27.2 Å². The van der Waals surface area contributed by atoms with Gasteiger partial charge >= 0.3 is 0 Å². The zero-order chi connectivity index (χ0) is 16.7. The monoisotopic (exact) mass is 312 g/mol. The molecule has 2 rings (SSSR count). The highest BCUT2D eigenvalue weighted by atomic mass is 16.5. The van der Waals surface area contributed by atoms with Gasteiger partial charge in [-0.05, 0) is 61.4 Å². The second kappa shape index (κ2) is 8.22. The summed E-state index contributed by atoms with van der Waals surface area (Å²) in [6.07, 6.45) is 0.534. The zero-order valence-corrected chi connectivity index (χ0v) is 13.9. The maximum Gasteiger partial charge on any atom is 0.224 e. The topological polar surface area (TPSA) is 50.4 Å². The molecule has 4 heteroatoms. The van der Waals surface area contributed by atoms with E-state index in [1.807, 2.05) is 69.3 Å². The second-order valence-corrected chi connectivity index (χ2v) is 5.81. The number of benzene rings is 2. The SMILES string of the molecule is CCOc1ccc(Nc2ccc(NC(=O)CC(C)C)cc2)cc1. The van der Waals surface area contributed by atoms with E-state index in [0.29, 0.717) is 18.9 Å². The molecule has 122 valence electrons. The van der Waals surface area contributed by atoms with Crippen molar-refractivity contribution < 1.29 is 9.53 Å². The molecule has 0 aromatic heterocycles. The minimum absolute atomic E-state index is 0.0484. The Kier molecular flexibility index (Phi) is 6.03. The summed E-state index contributed by atoms with van der Waals surface area (Å²) in [5.74, 6) is 1.27. The van der Waals surface area contributed by atoms with Crippen molar-refractivity contribution in [3.05, 3.63) is 48.5 Å².